The molecule has 4 aromatic rings. The van der Waals surface area contributed by atoms with Crippen molar-refractivity contribution in [3.63, 3.8) is 0 Å². The Morgan fingerprint density at radius 2 is 1.97 bits per heavy atom. The van der Waals surface area contributed by atoms with Crippen LogP contribution >= 0.6 is 23.1 Å². The summed E-state index contributed by atoms with van der Waals surface area (Å²) in [5, 5.41) is 14.3. The molecular weight excluding hydrogens is 416 g/mol. The smallest absolute Gasteiger partial charge is 0.234 e. The van der Waals surface area contributed by atoms with E-state index in [1.807, 2.05) is 77.5 Å². The molecule has 8 heteroatoms. The lowest BCUT2D eigenvalue weighted by molar-refractivity contribution is -0.113. The van der Waals surface area contributed by atoms with Crippen molar-refractivity contribution in [2.75, 3.05) is 18.2 Å². The molecule has 0 saturated carbocycles. The quantitative estimate of drug-likeness (QED) is 0.411. The second kappa shape index (κ2) is 9.15. The number of amides is 1. The maximum atomic E-state index is 12.5. The lowest BCUT2D eigenvalue weighted by atomic mass is 10.2. The first-order valence-electron chi connectivity index (χ1n) is 9.27. The van der Waals surface area contributed by atoms with E-state index in [2.05, 4.69) is 15.5 Å². The number of thiophene rings is 1. The number of benzene rings is 2. The summed E-state index contributed by atoms with van der Waals surface area (Å²) in [5.41, 5.74) is 2.79. The van der Waals surface area contributed by atoms with E-state index in [1.165, 1.54) is 11.8 Å². The Hall–Kier alpha value is -3.10. The molecule has 0 aliphatic rings. The summed E-state index contributed by atoms with van der Waals surface area (Å²) in [6.45, 7) is 1.99. The van der Waals surface area contributed by atoms with E-state index in [-0.39, 0.29) is 11.7 Å². The van der Waals surface area contributed by atoms with Gasteiger partial charge >= 0.3 is 0 Å². The number of ether oxygens (including phenoxy) is 1. The van der Waals surface area contributed by atoms with Crippen molar-refractivity contribution < 1.29 is 9.53 Å². The molecule has 2 aromatic heterocycles. The zero-order chi connectivity index (χ0) is 20.9. The topological polar surface area (TPSA) is 69.0 Å². The van der Waals surface area contributed by atoms with Gasteiger partial charge in [0.1, 0.15) is 5.75 Å². The number of thioether (sulfide) groups is 1. The largest absolute Gasteiger partial charge is 0.497 e. The second-order valence-corrected chi connectivity index (χ2v) is 8.41. The summed E-state index contributed by atoms with van der Waals surface area (Å²) in [4.78, 5) is 13.5. The van der Waals surface area contributed by atoms with Gasteiger partial charge in [0.15, 0.2) is 11.0 Å². The summed E-state index contributed by atoms with van der Waals surface area (Å²) in [6.07, 6.45) is 0. The first-order chi connectivity index (χ1) is 14.6. The van der Waals surface area contributed by atoms with E-state index in [9.17, 15) is 4.79 Å². The number of aromatic nitrogens is 3. The predicted molar refractivity (Wildman–Crippen MR) is 122 cm³/mol. The van der Waals surface area contributed by atoms with Crippen molar-refractivity contribution in [2.24, 2.45) is 0 Å². The summed E-state index contributed by atoms with van der Waals surface area (Å²) in [6, 6.07) is 19.4. The number of nitrogens with zero attached hydrogens (tertiary/aromatic N) is 3. The predicted octanol–water partition coefficient (Wildman–Crippen LogP) is 5.04. The third-order valence-corrected chi connectivity index (χ3v) is 6.13. The number of carbonyl (C=O) groups excluding carboxylic acids is 1. The maximum Gasteiger partial charge on any atom is 0.234 e. The van der Waals surface area contributed by atoms with Crippen LogP contribution in [0.5, 0.6) is 5.75 Å². The van der Waals surface area contributed by atoms with E-state index in [0.717, 1.165) is 33.4 Å². The minimum Gasteiger partial charge on any atom is -0.497 e. The van der Waals surface area contributed by atoms with Crippen LogP contribution in [0, 0.1) is 6.92 Å². The first kappa shape index (κ1) is 20.2. The molecule has 6 nitrogen and oxygen atoms in total. The Morgan fingerprint density at radius 3 is 2.67 bits per heavy atom. The van der Waals surface area contributed by atoms with Gasteiger partial charge in [-0.25, -0.2) is 0 Å². The van der Waals surface area contributed by atoms with Crippen LogP contribution in [0.25, 0.3) is 16.4 Å². The van der Waals surface area contributed by atoms with E-state index >= 15 is 0 Å². The summed E-state index contributed by atoms with van der Waals surface area (Å²) < 4.78 is 7.23. The fraction of sp³-hybridized carbons (Fsp3) is 0.136. The number of nitrogens with one attached hydrogen (secondary N) is 1. The van der Waals surface area contributed by atoms with E-state index in [4.69, 9.17) is 4.74 Å². The number of hydrogen-bond acceptors (Lipinski definition) is 6. The molecule has 2 heterocycles. The molecule has 30 heavy (non-hydrogen) atoms. The van der Waals surface area contributed by atoms with Crippen LogP contribution in [-0.4, -0.2) is 33.5 Å². The molecule has 0 unspecified atom stereocenters. The number of rotatable bonds is 7. The van der Waals surface area contributed by atoms with Gasteiger partial charge in [-0.3, -0.25) is 9.36 Å². The molecular formula is C22H20N4O2S2. The SMILES string of the molecule is COc1ccc(-n2c(SCC(=O)Nc3cccc(C)c3)nnc2-c2cccs2)cc1. The van der Waals surface area contributed by atoms with Gasteiger partial charge in [0.2, 0.25) is 5.91 Å². The molecule has 1 N–H and O–H groups in total. The molecule has 0 bridgehead atoms. The molecule has 4 rings (SSSR count). The molecule has 0 aliphatic heterocycles. The second-order valence-electron chi connectivity index (χ2n) is 6.52. The Balaban J connectivity index is 1.57. The van der Waals surface area contributed by atoms with Crippen LogP contribution in [0.4, 0.5) is 5.69 Å². The van der Waals surface area contributed by atoms with Crippen LogP contribution in [0.1, 0.15) is 5.56 Å². The van der Waals surface area contributed by atoms with Crippen LogP contribution in [0.3, 0.4) is 0 Å². The normalized spacial score (nSPS) is 10.7. The maximum absolute atomic E-state index is 12.5. The number of anilines is 1. The third-order valence-electron chi connectivity index (χ3n) is 4.34. The van der Waals surface area contributed by atoms with Crippen molar-refractivity contribution in [1.82, 2.24) is 14.8 Å². The standard InChI is InChI=1S/C22H20N4O2S2/c1-15-5-3-6-16(13-15)23-20(27)14-30-22-25-24-21(19-7-4-12-29-19)26(22)17-8-10-18(28-2)11-9-17/h3-13H,14H2,1-2H3,(H,23,27). The van der Waals surface area contributed by atoms with Crippen molar-refractivity contribution in [2.45, 2.75) is 12.1 Å². The monoisotopic (exact) mass is 436 g/mol. The van der Waals surface area contributed by atoms with Crippen LogP contribution < -0.4 is 10.1 Å². The number of hydrogen-bond donors (Lipinski definition) is 1. The fourth-order valence-electron chi connectivity index (χ4n) is 2.94. The molecule has 0 radical (unpaired) electrons. The lowest BCUT2D eigenvalue weighted by Crippen LogP contribution is -2.14. The van der Waals surface area contributed by atoms with Gasteiger partial charge in [0.25, 0.3) is 0 Å². The Bertz CT molecular complexity index is 1140. The van der Waals surface area contributed by atoms with Crippen LogP contribution in [0.2, 0.25) is 0 Å². The number of carbonyl (C=O) groups is 1. The molecule has 0 atom stereocenters. The highest BCUT2D eigenvalue weighted by Crippen LogP contribution is 2.31. The third kappa shape index (κ3) is 4.55. The van der Waals surface area contributed by atoms with Gasteiger partial charge in [-0.15, -0.1) is 21.5 Å². The molecule has 152 valence electrons. The summed E-state index contributed by atoms with van der Waals surface area (Å²) in [7, 11) is 1.64. The van der Waals surface area contributed by atoms with Gasteiger partial charge in [-0.2, -0.15) is 0 Å². The van der Waals surface area contributed by atoms with Gasteiger partial charge in [0.05, 0.1) is 23.4 Å². The minimum absolute atomic E-state index is 0.0902. The molecule has 1 amide bonds. The lowest BCUT2D eigenvalue weighted by Gasteiger charge is -2.10. The van der Waals surface area contributed by atoms with Gasteiger partial charge in [-0.1, -0.05) is 30.0 Å². The highest BCUT2D eigenvalue weighted by Gasteiger charge is 2.18. The van der Waals surface area contributed by atoms with E-state index < -0.39 is 0 Å². The average Bonchev–Trinajstić information content (AvgIpc) is 3.42. The number of aryl methyl sites for hydroxylation is 1. The first-order valence-corrected chi connectivity index (χ1v) is 11.1. The molecule has 0 saturated heterocycles. The van der Waals surface area contributed by atoms with Crippen molar-refractivity contribution >= 4 is 34.7 Å². The zero-order valence-electron chi connectivity index (χ0n) is 16.5. The van der Waals surface area contributed by atoms with Crippen LogP contribution in [-0.2, 0) is 4.79 Å². The van der Waals surface area contributed by atoms with E-state index in [1.54, 1.807) is 18.4 Å². The van der Waals surface area contributed by atoms with Crippen molar-refractivity contribution in [3.8, 4) is 22.1 Å². The van der Waals surface area contributed by atoms with Crippen molar-refractivity contribution in [1.29, 1.82) is 0 Å². The summed E-state index contributed by atoms with van der Waals surface area (Å²) in [5.74, 6) is 1.66. The van der Waals surface area contributed by atoms with Crippen LogP contribution in [0.15, 0.2) is 71.2 Å². The Kier molecular flexibility index (Phi) is 6.15. The van der Waals surface area contributed by atoms with Gasteiger partial charge in [-0.05, 0) is 60.3 Å². The van der Waals surface area contributed by atoms with Gasteiger partial charge in [0, 0.05) is 5.69 Å². The van der Waals surface area contributed by atoms with E-state index in [0.29, 0.717) is 5.16 Å². The fourth-order valence-corrected chi connectivity index (χ4v) is 4.39. The molecule has 2 aromatic carbocycles. The van der Waals surface area contributed by atoms with Crippen molar-refractivity contribution in [3.05, 3.63) is 71.6 Å². The Morgan fingerprint density at radius 1 is 1.13 bits per heavy atom. The zero-order valence-corrected chi connectivity index (χ0v) is 18.2. The Labute approximate surface area is 182 Å². The van der Waals surface area contributed by atoms with Gasteiger partial charge < -0.3 is 10.1 Å². The minimum atomic E-state index is -0.0902. The summed E-state index contributed by atoms with van der Waals surface area (Å²) >= 11 is 2.95. The molecule has 0 aliphatic carbocycles. The molecule has 0 spiro atoms. The highest BCUT2D eigenvalue weighted by atomic mass is 32.2. The highest BCUT2D eigenvalue weighted by molar-refractivity contribution is 7.99. The molecule has 0 fully saturated rings. The average molecular weight is 437 g/mol. The number of methoxy groups -OCH3 is 1.